The normalized spacial score (nSPS) is 17.4. The van der Waals surface area contributed by atoms with Gasteiger partial charge in [-0.3, -0.25) is 9.89 Å². The number of nitrogens with one attached hydrogen (secondary N) is 3. The van der Waals surface area contributed by atoms with E-state index in [1.165, 1.54) is 19.3 Å². The molecule has 0 amide bonds. The van der Waals surface area contributed by atoms with Crippen LogP contribution in [0.4, 0.5) is 0 Å². The second-order valence-corrected chi connectivity index (χ2v) is 9.71. The van der Waals surface area contributed by atoms with Crippen molar-refractivity contribution in [3.05, 3.63) is 24.2 Å². The quantitative estimate of drug-likeness (QED) is 0.252. The van der Waals surface area contributed by atoms with E-state index in [4.69, 9.17) is 4.42 Å². The highest BCUT2D eigenvalue weighted by Crippen LogP contribution is 2.24. The lowest BCUT2D eigenvalue weighted by molar-refractivity contribution is 0.146. The summed E-state index contributed by atoms with van der Waals surface area (Å²) in [5, 5.41) is 6.64. The Morgan fingerprint density at radius 1 is 1.28 bits per heavy atom. The fourth-order valence-corrected chi connectivity index (χ4v) is 4.53. The average Bonchev–Trinajstić information content (AvgIpc) is 3.13. The molecule has 2 rings (SSSR count). The molecule has 0 aromatic carbocycles. The van der Waals surface area contributed by atoms with E-state index in [1.54, 1.807) is 6.26 Å². The molecule has 1 atom stereocenters. The Balaban J connectivity index is 0.00000420. The van der Waals surface area contributed by atoms with Crippen molar-refractivity contribution in [2.45, 2.75) is 51.6 Å². The van der Waals surface area contributed by atoms with Crippen LogP contribution in [-0.4, -0.2) is 63.8 Å². The number of furan rings is 1. The molecule has 0 aliphatic carbocycles. The first-order valence-corrected chi connectivity index (χ1v) is 11.9. The zero-order valence-electron chi connectivity index (χ0n) is 17.9. The van der Waals surface area contributed by atoms with E-state index in [0.29, 0.717) is 19.0 Å². The highest BCUT2D eigenvalue weighted by Gasteiger charge is 2.25. The highest BCUT2D eigenvalue weighted by atomic mass is 127. The first-order valence-electron chi connectivity index (χ1n) is 9.99. The minimum atomic E-state index is -3.29. The standard InChI is InChI=1S/C19H35N5O3S.HI/c1-5-20-18(22-15-19(2,3)23-28(4,25)26)21-14-16(17-10-9-13-27-17)24-11-7-6-8-12-24;/h9-10,13,16,23H,5-8,11-12,14-15H2,1-4H3,(H2,20,21,22);1H. The Morgan fingerprint density at radius 2 is 1.97 bits per heavy atom. The Morgan fingerprint density at radius 3 is 2.52 bits per heavy atom. The average molecular weight is 542 g/mol. The van der Waals surface area contributed by atoms with Crippen LogP contribution in [0.5, 0.6) is 0 Å². The molecule has 1 fully saturated rings. The number of halogens is 1. The summed E-state index contributed by atoms with van der Waals surface area (Å²) in [5.74, 6) is 1.61. The SMILES string of the molecule is CCNC(=NCC(C)(C)NS(C)(=O)=O)NCC(c1ccco1)N1CCCCC1.I. The van der Waals surface area contributed by atoms with Crippen LogP contribution < -0.4 is 15.4 Å². The molecule has 1 aliphatic rings. The van der Waals surface area contributed by atoms with Crippen LogP contribution in [0.2, 0.25) is 0 Å². The van der Waals surface area contributed by atoms with Crippen molar-refractivity contribution >= 4 is 40.0 Å². The van der Waals surface area contributed by atoms with Crippen molar-refractivity contribution in [2.24, 2.45) is 4.99 Å². The van der Waals surface area contributed by atoms with E-state index in [2.05, 4.69) is 25.2 Å². The lowest BCUT2D eigenvalue weighted by atomic mass is 10.1. The molecule has 1 unspecified atom stereocenters. The zero-order valence-corrected chi connectivity index (χ0v) is 21.0. The van der Waals surface area contributed by atoms with Gasteiger partial charge in [-0.2, -0.15) is 0 Å². The van der Waals surface area contributed by atoms with Crippen LogP contribution in [-0.2, 0) is 10.0 Å². The number of rotatable bonds is 9. The monoisotopic (exact) mass is 541 g/mol. The predicted octanol–water partition coefficient (Wildman–Crippen LogP) is 2.31. The van der Waals surface area contributed by atoms with Gasteiger partial charge in [0.2, 0.25) is 10.0 Å². The fraction of sp³-hybridized carbons (Fsp3) is 0.737. The van der Waals surface area contributed by atoms with Gasteiger partial charge < -0.3 is 15.1 Å². The van der Waals surface area contributed by atoms with E-state index in [-0.39, 0.29) is 30.0 Å². The van der Waals surface area contributed by atoms with Gasteiger partial charge in [-0.1, -0.05) is 6.42 Å². The fourth-order valence-electron chi connectivity index (χ4n) is 3.47. The molecule has 1 aromatic rings. The molecular formula is C19H36IN5O3S. The maximum absolute atomic E-state index is 11.5. The summed E-state index contributed by atoms with van der Waals surface area (Å²) in [5.41, 5.74) is -0.663. The Hall–Kier alpha value is -0.850. The third-order valence-corrected chi connectivity index (χ3v) is 5.53. The highest BCUT2D eigenvalue weighted by molar-refractivity contribution is 14.0. The Kier molecular flexibility index (Phi) is 10.9. The molecule has 0 spiro atoms. The van der Waals surface area contributed by atoms with E-state index in [9.17, 15) is 8.42 Å². The molecule has 8 nitrogen and oxygen atoms in total. The van der Waals surface area contributed by atoms with Crippen LogP contribution in [0.3, 0.4) is 0 Å². The van der Waals surface area contributed by atoms with E-state index in [0.717, 1.165) is 31.7 Å². The Labute approximate surface area is 192 Å². The van der Waals surface area contributed by atoms with E-state index in [1.807, 2.05) is 32.9 Å². The number of hydrogen-bond donors (Lipinski definition) is 3. The van der Waals surface area contributed by atoms with E-state index >= 15 is 0 Å². The molecule has 1 aromatic heterocycles. The summed E-state index contributed by atoms with van der Waals surface area (Å²) in [6.07, 6.45) is 6.56. The topological polar surface area (TPSA) is 99.0 Å². The smallest absolute Gasteiger partial charge is 0.209 e. The van der Waals surface area contributed by atoms with Gasteiger partial charge in [-0.05, 0) is 58.8 Å². The molecule has 10 heteroatoms. The van der Waals surface area contributed by atoms with Gasteiger partial charge in [0.05, 0.1) is 25.1 Å². The lowest BCUT2D eigenvalue weighted by Gasteiger charge is -2.33. The lowest BCUT2D eigenvalue weighted by Crippen LogP contribution is -2.48. The van der Waals surface area contributed by atoms with Crippen molar-refractivity contribution in [1.29, 1.82) is 0 Å². The molecule has 1 aliphatic heterocycles. The number of aliphatic imine (C=N–C) groups is 1. The van der Waals surface area contributed by atoms with Crippen molar-refractivity contribution in [2.75, 3.05) is 39.0 Å². The number of sulfonamides is 1. The second kappa shape index (κ2) is 12.1. The number of guanidine groups is 1. The number of likely N-dealkylation sites (tertiary alicyclic amines) is 1. The maximum Gasteiger partial charge on any atom is 0.209 e. The van der Waals surface area contributed by atoms with Gasteiger partial charge in [0.15, 0.2) is 5.96 Å². The molecule has 168 valence electrons. The molecule has 2 heterocycles. The van der Waals surface area contributed by atoms with Gasteiger partial charge in [-0.15, -0.1) is 24.0 Å². The third kappa shape index (κ3) is 9.67. The molecule has 0 bridgehead atoms. The van der Waals surface area contributed by atoms with Crippen molar-refractivity contribution in [1.82, 2.24) is 20.3 Å². The van der Waals surface area contributed by atoms with Crippen LogP contribution in [0.15, 0.2) is 27.8 Å². The van der Waals surface area contributed by atoms with Gasteiger partial charge in [0.1, 0.15) is 5.76 Å². The van der Waals surface area contributed by atoms with Gasteiger partial charge in [0.25, 0.3) is 0 Å². The molecule has 3 N–H and O–H groups in total. The number of piperidine rings is 1. The second-order valence-electron chi connectivity index (χ2n) is 7.96. The number of hydrogen-bond acceptors (Lipinski definition) is 5. The van der Waals surface area contributed by atoms with Crippen LogP contribution in [0.1, 0.15) is 51.8 Å². The van der Waals surface area contributed by atoms with Gasteiger partial charge in [0, 0.05) is 18.6 Å². The summed E-state index contributed by atoms with van der Waals surface area (Å²) in [6, 6.07) is 4.08. The van der Waals surface area contributed by atoms with Crippen molar-refractivity contribution < 1.29 is 12.8 Å². The first-order chi connectivity index (χ1) is 13.2. The maximum atomic E-state index is 11.5. The summed E-state index contributed by atoms with van der Waals surface area (Å²) in [4.78, 5) is 7.04. The minimum Gasteiger partial charge on any atom is -0.468 e. The zero-order chi connectivity index (χ0) is 20.6. The summed E-state index contributed by atoms with van der Waals surface area (Å²) in [7, 11) is -3.29. The summed E-state index contributed by atoms with van der Waals surface area (Å²) < 4.78 is 31.4. The molecular weight excluding hydrogens is 505 g/mol. The van der Waals surface area contributed by atoms with E-state index < -0.39 is 15.6 Å². The van der Waals surface area contributed by atoms with Gasteiger partial charge >= 0.3 is 0 Å². The summed E-state index contributed by atoms with van der Waals surface area (Å²) >= 11 is 0. The molecule has 29 heavy (non-hydrogen) atoms. The number of nitrogens with zero attached hydrogens (tertiary/aromatic N) is 2. The third-order valence-electron chi connectivity index (χ3n) is 4.60. The molecule has 0 saturated carbocycles. The van der Waals surface area contributed by atoms with Crippen LogP contribution in [0.25, 0.3) is 0 Å². The molecule has 1 saturated heterocycles. The largest absolute Gasteiger partial charge is 0.468 e. The first kappa shape index (κ1) is 26.2. The minimum absolute atomic E-state index is 0. The van der Waals surface area contributed by atoms with Crippen LogP contribution in [0, 0.1) is 0 Å². The summed E-state index contributed by atoms with van der Waals surface area (Å²) in [6.45, 7) is 9.48. The van der Waals surface area contributed by atoms with Crippen molar-refractivity contribution in [3.8, 4) is 0 Å². The molecule has 0 radical (unpaired) electrons. The van der Waals surface area contributed by atoms with Gasteiger partial charge in [-0.25, -0.2) is 13.1 Å². The van der Waals surface area contributed by atoms with Crippen LogP contribution >= 0.6 is 24.0 Å². The Bertz CT molecular complexity index is 716. The van der Waals surface area contributed by atoms with Crippen molar-refractivity contribution in [3.63, 3.8) is 0 Å². The predicted molar refractivity (Wildman–Crippen MR) is 128 cm³/mol.